The van der Waals surface area contributed by atoms with E-state index < -0.39 is 8.80 Å². The van der Waals surface area contributed by atoms with Gasteiger partial charge in [0.1, 0.15) is 6.61 Å². The van der Waals surface area contributed by atoms with E-state index in [2.05, 4.69) is 13.8 Å². The lowest BCUT2D eigenvalue weighted by Gasteiger charge is -2.29. The molecule has 0 aromatic rings. The van der Waals surface area contributed by atoms with Crippen LogP contribution in [0.25, 0.3) is 0 Å². The minimum absolute atomic E-state index is 0.0159. The predicted octanol–water partition coefficient (Wildman–Crippen LogP) is 3.96. The maximum absolute atomic E-state index is 11.7. The summed E-state index contributed by atoms with van der Waals surface area (Å²) < 4.78 is 45.5. The van der Waals surface area contributed by atoms with Crippen molar-refractivity contribution < 1.29 is 41.8 Å². The van der Waals surface area contributed by atoms with E-state index in [1.54, 1.807) is 0 Å². The number of ether oxygens (including phenoxy) is 5. The van der Waals surface area contributed by atoms with Gasteiger partial charge in [-0.1, -0.05) is 38.5 Å². The zero-order valence-corrected chi connectivity index (χ0v) is 24.3. The first-order chi connectivity index (χ1) is 17.1. The number of hydrogen-bond donors (Lipinski definition) is 0. The van der Waals surface area contributed by atoms with Gasteiger partial charge in [0, 0.05) is 38.7 Å². The van der Waals surface area contributed by atoms with Crippen LogP contribution >= 0.6 is 11.8 Å². The monoisotopic (exact) mass is 542 g/mol. The molecule has 0 aliphatic carbocycles. The van der Waals surface area contributed by atoms with Gasteiger partial charge in [-0.3, -0.25) is 4.79 Å². The molecule has 0 fully saturated rings. The van der Waals surface area contributed by atoms with E-state index in [-0.39, 0.29) is 11.7 Å². The number of hydrogen-bond acceptors (Lipinski definition) is 10. The molecule has 0 N–H and O–H groups in total. The van der Waals surface area contributed by atoms with Crippen LogP contribution in [0, 0.1) is 0 Å². The summed E-state index contributed by atoms with van der Waals surface area (Å²) in [6.07, 6.45) is 5.11. The highest BCUT2D eigenvalue weighted by Gasteiger charge is 2.40. The molecular weight excluding hydrogens is 492 g/mol. The van der Waals surface area contributed by atoms with Crippen molar-refractivity contribution in [2.24, 2.45) is 0 Å². The molecule has 0 saturated carbocycles. The molecule has 0 aromatic carbocycles. The van der Waals surface area contributed by atoms with Crippen LogP contribution in [0.2, 0.25) is 6.04 Å². The van der Waals surface area contributed by atoms with Gasteiger partial charge in [0.15, 0.2) is 0 Å². The number of methoxy groups -OCH3 is 1. The van der Waals surface area contributed by atoms with Crippen molar-refractivity contribution in [3.8, 4) is 0 Å². The maximum atomic E-state index is 11.7. The molecule has 0 aromatic heterocycles. The molecule has 9 nitrogen and oxygen atoms in total. The molecule has 0 amide bonds. The minimum atomic E-state index is -2.94. The number of carbonyl (C=O) groups is 1. The standard InChI is InChI=1S/C24H50O9SSi/c1-5-8-11-27-13-15-29-17-19-32-35(31-7-3,22-10-21-34-24(25)23-26-4)33-20-18-30-16-14-28-12-9-6-2/h5-23H2,1-4H3. The van der Waals surface area contributed by atoms with Gasteiger partial charge in [-0.25, -0.2) is 0 Å². The molecule has 0 atom stereocenters. The van der Waals surface area contributed by atoms with Crippen molar-refractivity contribution in [1.82, 2.24) is 0 Å². The van der Waals surface area contributed by atoms with E-state index in [1.807, 2.05) is 6.92 Å². The van der Waals surface area contributed by atoms with Gasteiger partial charge in [-0.2, -0.15) is 0 Å². The molecular formula is C24H50O9SSi. The van der Waals surface area contributed by atoms with E-state index in [9.17, 15) is 4.79 Å². The third-order valence-electron chi connectivity index (χ3n) is 4.64. The summed E-state index contributed by atoms with van der Waals surface area (Å²) in [6, 6.07) is 0.619. The molecule has 11 heteroatoms. The topological polar surface area (TPSA) is 90.9 Å². The molecule has 0 aliphatic heterocycles. The Hall–Kier alpha value is -0.0831. The average Bonchev–Trinajstić information content (AvgIpc) is 2.85. The van der Waals surface area contributed by atoms with Gasteiger partial charge in [0.05, 0.1) is 52.9 Å². The minimum Gasteiger partial charge on any atom is -0.379 e. The Balaban J connectivity index is 4.44. The lowest BCUT2D eigenvalue weighted by molar-refractivity contribution is -0.114. The number of carbonyl (C=O) groups excluding carboxylic acids is 1. The summed E-state index contributed by atoms with van der Waals surface area (Å²) in [7, 11) is -1.42. The first-order valence-electron chi connectivity index (χ1n) is 13.0. The smallest absolute Gasteiger partial charge is 0.379 e. The Morgan fingerprint density at radius 3 is 1.60 bits per heavy atom. The summed E-state index contributed by atoms with van der Waals surface area (Å²) in [4.78, 5) is 11.7. The molecule has 0 bridgehead atoms. The van der Waals surface area contributed by atoms with Gasteiger partial charge >= 0.3 is 8.80 Å². The lowest BCUT2D eigenvalue weighted by Crippen LogP contribution is -2.47. The second-order valence-corrected chi connectivity index (χ2v) is 11.6. The quantitative estimate of drug-likeness (QED) is 0.107. The second kappa shape index (κ2) is 27.0. The number of unbranched alkanes of at least 4 members (excludes halogenated alkanes) is 2. The third-order valence-corrected chi connectivity index (χ3v) is 8.56. The van der Waals surface area contributed by atoms with Crippen LogP contribution in [0.4, 0.5) is 0 Å². The van der Waals surface area contributed by atoms with E-state index in [4.69, 9.17) is 37.0 Å². The molecule has 35 heavy (non-hydrogen) atoms. The van der Waals surface area contributed by atoms with Crippen molar-refractivity contribution >= 4 is 25.7 Å². The molecule has 0 aliphatic rings. The molecule has 0 unspecified atom stereocenters. The molecule has 0 radical (unpaired) electrons. The van der Waals surface area contributed by atoms with E-state index >= 15 is 0 Å². The zero-order valence-electron chi connectivity index (χ0n) is 22.5. The van der Waals surface area contributed by atoms with Crippen LogP contribution in [0.15, 0.2) is 0 Å². The highest BCUT2D eigenvalue weighted by atomic mass is 32.2. The number of rotatable bonds is 28. The number of thioether (sulfide) groups is 1. The van der Waals surface area contributed by atoms with Crippen LogP contribution in [0.1, 0.15) is 52.9 Å². The summed E-state index contributed by atoms with van der Waals surface area (Å²) >= 11 is 1.26. The Morgan fingerprint density at radius 2 is 1.14 bits per heavy atom. The highest BCUT2D eigenvalue weighted by molar-refractivity contribution is 8.13. The first-order valence-corrected chi connectivity index (χ1v) is 15.9. The van der Waals surface area contributed by atoms with Gasteiger partial charge < -0.3 is 37.0 Å². The van der Waals surface area contributed by atoms with Gasteiger partial charge in [0.2, 0.25) is 5.12 Å². The zero-order chi connectivity index (χ0) is 25.9. The van der Waals surface area contributed by atoms with Crippen molar-refractivity contribution in [1.29, 1.82) is 0 Å². The highest BCUT2D eigenvalue weighted by Crippen LogP contribution is 2.20. The average molecular weight is 543 g/mol. The van der Waals surface area contributed by atoms with Crippen molar-refractivity contribution in [3.05, 3.63) is 0 Å². The fourth-order valence-electron chi connectivity index (χ4n) is 2.84. The fourth-order valence-corrected chi connectivity index (χ4v) is 6.34. The fraction of sp³-hybridized carbons (Fsp3) is 0.958. The molecule has 0 heterocycles. The molecule has 0 spiro atoms. The van der Waals surface area contributed by atoms with E-state index in [0.29, 0.717) is 71.3 Å². The Morgan fingerprint density at radius 1 is 0.657 bits per heavy atom. The normalized spacial score (nSPS) is 11.9. The Labute approximate surface area is 218 Å². The van der Waals surface area contributed by atoms with Crippen LogP contribution in [-0.2, 0) is 41.8 Å². The van der Waals surface area contributed by atoms with E-state index in [1.165, 1.54) is 18.9 Å². The molecule has 0 saturated heterocycles. The van der Waals surface area contributed by atoms with Crippen molar-refractivity contribution in [2.45, 2.75) is 58.9 Å². The molecule has 0 rings (SSSR count). The van der Waals surface area contributed by atoms with Gasteiger partial charge in [-0.05, 0) is 26.2 Å². The largest absolute Gasteiger partial charge is 0.501 e. The van der Waals surface area contributed by atoms with E-state index in [0.717, 1.165) is 45.3 Å². The van der Waals surface area contributed by atoms with Crippen LogP contribution in [-0.4, -0.2) is 106 Å². The van der Waals surface area contributed by atoms with Crippen molar-refractivity contribution in [3.63, 3.8) is 0 Å². The summed E-state index contributed by atoms with van der Waals surface area (Å²) in [6.45, 7) is 12.2. The van der Waals surface area contributed by atoms with Gasteiger partial charge in [-0.15, -0.1) is 0 Å². The van der Waals surface area contributed by atoms with Crippen LogP contribution < -0.4 is 0 Å². The van der Waals surface area contributed by atoms with Gasteiger partial charge in [0.25, 0.3) is 0 Å². The van der Waals surface area contributed by atoms with Crippen LogP contribution in [0.3, 0.4) is 0 Å². The Kier molecular flexibility index (Phi) is 26.9. The summed E-state index contributed by atoms with van der Waals surface area (Å²) in [5, 5.41) is 0.0159. The van der Waals surface area contributed by atoms with Crippen LogP contribution in [0.5, 0.6) is 0 Å². The Bertz CT molecular complexity index is 439. The summed E-state index contributed by atoms with van der Waals surface area (Å²) in [5.41, 5.74) is 0. The second-order valence-electron chi connectivity index (χ2n) is 7.73. The lowest BCUT2D eigenvalue weighted by atomic mass is 10.4. The SMILES string of the molecule is CCCCOCCOCCO[Si](CCCSC(=O)COC)(OCC)OCCOCCOCCCC. The summed E-state index contributed by atoms with van der Waals surface area (Å²) in [5.74, 6) is 0.661. The van der Waals surface area contributed by atoms with Crippen molar-refractivity contribution in [2.75, 3.05) is 92.1 Å². The first kappa shape index (κ1) is 34.9. The third kappa shape index (κ3) is 22.8. The predicted molar refractivity (Wildman–Crippen MR) is 141 cm³/mol. The maximum Gasteiger partial charge on any atom is 0.501 e. The molecule has 210 valence electrons.